The Morgan fingerprint density at radius 1 is 1.33 bits per heavy atom. The average Bonchev–Trinajstić information content (AvgIpc) is 2.53. The van der Waals surface area contributed by atoms with Gasteiger partial charge in [-0.3, -0.25) is 4.79 Å². The molecular weight excluding hydrogens is 268 g/mol. The van der Waals surface area contributed by atoms with Crippen molar-refractivity contribution >= 4 is 5.91 Å². The van der Waals surface area contributed by atoms with Gasteiger partial charge in [-0.2, -0.15) is 0 Å². The second-order valence-electron chi connectivity index (χ2n) is 5.48. The van der Waals surface area contributed by atoms with Crippen molar-refractivity contribution in [1.29, 1.82) is 0 Å². The molecule has 0 aromatic heterocycles. The predicted molar refractivity (Wildman–Crippen MR) is 81.6 cm³/mol. The molecule has 2 unspecified atom stereocenters. The van der Waals surface area contributed by atoms with E-state index in [9.17, 15) is 4.79 Å². The van der Waals surface area contributed by atoms with E-state index in [1.807, 2.05) is 18.2 Å². The van der Waals surface area contributed by atoms with Crippen molar-refractivity contribution in [3.8, 4) is 11.5 Å². The number of rotatable bonds is 5. The van der Waals surface area contributed by atoms with E-state index >= 15 is 0 Å². The molecule has 0 saturated carbocycles. The topological polar surface area (TPSA) is 59.6 Å². The summed E-state index contributed by atoms with van der Waals surface area (Å²) in [5.41, 5.74) is 0.948. The van der Waals surface area contributed by atoms with E-state index in [0.29, 0.717) is 12.6 Å². The number of methoxy groups -OCH3 is 2. The summed E-state index contributed by atoms with van der Waals surface area (Å²) in [7, 11) is 3.24. The van der Waals surface area contributed by atoms with Crippen LogP contribution < -0.4 is 20.1 Å². The lowest BCUT2D eigenvalue weighted by Crippen LogP contribution is -2.43. The quantitative estimate of drug-likeness (QED) is 0.867. The second-order valence-corrected chi connectivity index (χ2v) is 5.48. The van der Waals surface area contributed by atoms with E-state index in [0.717, 1.165) is 36.4 Å². The molecule has 1 aromatic carbocycles. The number of nitrogens with one attached hydrogen (secondary N) is 2. The summed E-state index contributed by atoms with van der Waals surface area (Å²) in [4.78, 5) is 12.2. The number of carbonyl (C=O) groups is 1. The van der Waals surface area contributed by atoms with E-state index in [2.05, 4.69) is 17.6 Å². The highest BCUT2D eigenvalue weighted by molar-refractivity contribution is 5.79. The van der Waals surface area contributed by atoms with Gasteiger partial charge in [-0.05, 0) is 31.9 Å². The smallest absolute Gasteiger partial charge is 0.224 e. The monoisotopic (exact) mass is 292 g/mol. The minimum atomic E-state index is 0.0606. The lowest BCUT2D eigenvalue weighted by molar-refractivity contribution is -0.125. The summed E-state index contributed by atoms with van der Waals surface area (Å²) in [6.45, 7) is 3.38. The number of hydrogen-bond donors (Lipinski definition) is 2. The van der Waals surface area contributed by atoms with Crippen LogP contribution in [-0.4, -0.2) is 32.7 Å². The van der Waals surface area contributed by atoms with Gasteiger partial charge in [0, 0.05) is 30.8 Å². The van der Waals surface area contributed by atoms with Crippen molar-refractivity contribution in [2.75, 3.05) is 20.8 Å². The Morgan fingerprint density at radius 3 is 2.76 bits per heavy atom. The van der Waals surface area contributed by atoms with Crippen LogP contribution in [0.25, 0.3) is 0 Å². The van der Waals surface area contributed by atoms with E-state index in [1.54, 1.807) is 14.2 Å². The number of benzene rings is 1. The number of piperidine rings is 1. The molecular formula is C16H24N2O3. The van der Waals surface area contributed by atoms with Crippen molar-refractivity contribution in [3.05, 3.63) is 23.8 Å². The van der Waals surface area contributed by atoms with Crippen LogP contribution in [0.3, 0.4) is 0 Å². The highest BCUT2D eigenvalue weighted by Crippen LogP contribution is 2.24. The van der Waals surface area contributed by atoms with Gasteiger partial charge in [0.2, 0.25) is 5.91 Å². The zero-order chi connectivity index (χ0) is 15.2. The molecule has 5 nitrogen and oxygen atoms in total. The van der Waals surface area contributed by atoms with E-state index < -0.39 is 0 Å². The largest absolute Gasteiger partial charge is 0.497 e. The third-order valence-corrected chi connectivity index (χ3v) is 3.98. The summed E-state index contributed by atoms with van der Waals surface area (Å²) in [6, 6.07) is 6.12. The van der Waals surface area contributed by atoms with Gasteiger partial charge in [0.15, 0.2) is 0 Å². The summed E-state index contributed by atoms with van der Waals surface area (Å²) >= 11 is 0. The van der Waals surface area contributed by atoms with Crippen molar-refractivity contribution in [2.24, 2.45) is 5.92 Å². The summed E-state index contributed by atoms with van der Waals surface area (Å²) in [6.07, 6.45) is 1.99. The third kappa shape index (κ3) is 4.11. The minimum Gasteiger partial charge on any atom is -0.497 e. The highest BCUT2D eigenvalue weighted by atomic mass is 16.5. The molecule has 0 aliphatic carbocycles. The van der Waals surface area contributed by atoms with Gasteiger partial charge in [0.1, 0.15) is 11.5 Å². The van der Waals surface area contributed by atoms with Crippen LogP contribution in [0.15, 0.2) is 18.2 Å². The van der Waals surface area contributed by atoms with Gasteiger partial charge in [0.25, 0.3) is 0 Å². The first-order valence-electron chi connectivity index (χ1n) is 7.36. The Labute approximate surface area is 126 Å². The molecule has 1 aliphatic heterocycles. The van der Waals surface area contributed by atoms with Crippen LogP contribution in [0.2, 0.25) is 0 Å². The summed E-state index contributed by atoms with van der Waals surface area (Å²) in [5, 5.41) is 6.34. The number of carbonyl (C=O) groups excluding carboxylic acids is 1. The van der Waals surface area contributed by atoms with Crippen LogP contribution in [0.5, 0.6) is 11.5 Å². The summed E-state index contributed by atoms with van der Waals surface area (Å²) < 4.78 is 10.5. The number of ether oxygens (including phenoxy) is 2. The molecule has 0 spiro atoms. The molecule has 0 bridgehead atoms. The van der Waals surface area contributed by atoms with Gasteiger partial charge in [-0.15, -0.1) is 0 Å². The lowest BCUT2D eigenvalue weighted by atomic mass is 9.95. The fraction of sp³-hybridized carbons (Fsp3) is 0.562. The van der Waals surface area contributed by atoms with Gasteiger partial charge in [-0.25, -0.2) is 0 Å². The Balaban J connectivity index is 1.91. The zero-order valence-corrected chi connectivity index (χ0v) is 12.9. The highest BCUT2D eigenvalue weighted by Gasteiger charge is 2.23. The summed E-state index contributed by atoms with van der Waals surface area (Å²) in [5.74, 6) is 1.63. The maximum Gasteiger partial charge on any atom is 0.224 e. The van der Waals surface area contributed by atoms with Crippen molar-refractivity contribution < 1.29 is 14.3 Å². The van der Waals surface area contributed by atoms with E-state index in [4.69, 9.17) is 9.47 Å². The SMILES string of the molecule is COc1ccc(CNC(=O)C2CCC(C)NC2)c(OC)c1. The van der Waals surface area contributed by atoms with Crippen LogP contribution in [0, 0.1) is 5.92 Å². The molecule has 2 N–H and O–H groups in total. The predicted octanol–water partition coefficient (Wildman–Crippen LogP) is 1.71. The lowest BCUT2D eigenvalue weighted by Gasteiger charge is -2.26. The van der Waals surface area contributed by atoms with Gasteiger partial charge >= 0.3 is 0 Å². The maximum absolute atomic E-state index is 12.2. The van der Waals surface area contributed by atoms with Crippen LogP contribution in [0.4, 0.5) is 0 Å². The molecule has 1 heterocycles. The average molecular weight is 292 g/mol. The van der Waals surface area contributed by atoms with Crippen LogP contribution in [-0.2, 0) is 11.3 Å². The van der Waals surface area contributed by atoms with Gasteiger partial charge < -0.3 is 20.1 Å². The van der Waals surface area contributed by atoms with E-state index in [-0.39, 0.29) is 11.8 Å². The third-order valence-electron chi connectivity index (χ3n) is 3.98. The molecule has 1 aromatic rings. The molecule has 1 amide bonds. The first-order valence-corrected chi connectivity index (χ1v) is 7.36. The molecule has 2 atom stereocenters. The zero-order valence-electron chi connectivity index (χ0n) is 12.9. The first-order chi connectivity index (χ1) is 10.1. The van der Waals surface area contributed by atoms with Crippen LogP contribution in [0.1, 0.15) is 25.3 Å². The molecule has 1 saturated heterocycles. The van der Waals surface area contributed by atoms with Gasteiger partial charge in [0.05, 0.1) is 20.1 Å². The second kappa shape index (κ2) is 7.31. The van der Waals surface area contributed by atoms with Gasteiger partial charge in [-0.1, -0.05) is 0 Å². The molecule has 0 radical (unpaired) electrons. The Bertz CT molecular complexity index is 482. The molecule has 1 fully saturated rings. The Kier molecular flexibility index (Phi) is 5.44. The van der Waals surface area contributed by atoms with E-state index in [1.165, 1.54) is 0 Å². The number of hydrogen-bond acceptors (Lipinski definition) is 4. The molecule has 116 valence electrons. The molecule has 1 aliphatic rings. The standard InChI is InChI=1S/C16H24N2O3/c1-11-4-5-13(10-17-11)16(19)18-9-12-6-7-14(20-2)8-15(12)21-3/h6-8,11,13,17H,4-5,9-10H2,1-3H3,(H,18,19). The maximum atomic E-state index is 12.2. The molecule has 21 heavy (non-hydrogen) atoms. The molecule has 5 heteroatoms. The normalized spacial score (nSPS) is 21.7. The fourth-order valence-corrected chi connectivity index (χ4v) is 2.55. The van der Waals surface area contributed by atoms with Crippen LogP contribution >= 0.6 is 0 Å². The van der Waals surface area contributed by atoms with Crippen molar-refractivity contribution in [3.63, 3.8) is 0 Å². The van der Waals surface area contributed by atoms with Crippen molar-refractivity contribution in [1.82, 2.24) is 10.6 Å². The Morgan fingerprint density at radius 2 is 2.14 bits per heavy atom. The number of amides is 1. The van der Waals surface area contributed by atoms with Crippen molar-refractivity contribution in [2.45, 2.75) is 32.4 Å². The Hall–Kier alpha value is -1.75. The molecule has 2 rings (SSSR count). The minimum absolute atomic E-state index is 0.0606. The fourth-order valence-electron chi connectivity index (χ4n) is 2.55. The first kappa shape index (κ1) is 15.6.